The predicted molar refractivity (Wildman–Crippen MR) is 62.0 cm³/mol. The maximum atomic E-state index is 12.0. The molecule has 9 heteroatoms. The van der Waals surface area contributed by atoms with Gasteiger partial charge in [0, 0.05) is 0 Å². The summed E-state index contributed by atoms with van der Waals surface area (Å²) in [4.78, 5) is 33.9. The number of alkyl halides is 3. The van der Waals surface area contributed by atoms with Crippen molar-refractivity contribution >= 4 is 17.8 Å². The van der Waals surface area contributed by atoms with E-state index in [4.69, 9.17) is 0 Å². The average molecular weight is 302 g/mol. The van der Waals surface area contributed by atoms with E-state index in [1.165, 1.54) is 12.1 Å². The maximum Gasteiger partial charge on any atom is 0.573 e. The van der Waals surface area contributed by atoms with E-state index >= 15 is 0 Å². The average Bonchev–Trinajstić information content (AvgIpc) is 2.34. The molecule has 2 N–H and O–H groups in total. The minimum absolute atomic E-state index is 0.0444. The van der Waals surface area contributed by atoms with Crippen LogP contribution in [-0.2, 0) is 16.0 Å². The van der Waals surface area contributed by atoms with E-state index in [1.807, 2.05) is 10.6 Å². The Morgan fingerprint density at radius 3 is 2.00 bits per heavy atom. The molecule has 4 amide bonds. The first-order chi connectivity index (χ1) is 9.74. The molecule has 112 valence electrons. The molecule has 21 heavy (non-hydrogen) atoms. The van der Waals surface area contributed by atoms with Gasteiger partial charge in [0.1, 0.15) is 11.7 Å². The van der Waals surface area contributed by atoms with Crippen LogP contribution in [0.1, 0.15) is 5.56 Å². The van der Waals surface area contributed by atoms with Crippen molar-refractivity contribution in [2.24, 2.45) is 5.92 Å². The summed E-state index contributed by atoms with van der Waals surface area (Å²) in [6.07, 6.45) is -4.83. The minimum atomic E-state index is -4.79. The molecule has 0 aromatic heterocycles. The van der Waals surface area contributed by atoms with E-state index in [9.17, 15) is 27.6 Å². The lowest BCUT2D eigenvalue weighted by atomic mass is 9.96. The van der Waals surface area contributed by atoms with E-state index in [0.717, 1.165) is 12.1 Å². The summed E-state index contributed by atoms with van der Waals surface area (Å²) in [6, 6.07) is 3.87. The molecular weight excluding hydrogens is 293 g/mol. The zero-order valence-corrected chi connectivity index (χ0v) is 10.4. The largest absolute Gasteiger partial charge is 0.573 e. The van der Waals surface area contributed by atoms with Gasteiger partial charge in [-0.1, -0.05) is 12.1 Å². The molecule has 0 radical (unpaired) electrons. The van der Waals surface area contributed by atoms with Crippen LogP contribution >= 0.6 is 0 Å². The summed E-state index contributed by atoms with van der Waals surface area (Å²) >= 11 is 0. The van der Waals surface area contributed by atoms with Gasteiger partial charge in [0.15, 0.2) is 0 Å². The monoisotopic (exact) mass is 302 g/mol. The fourth-order valence-corrected chi connectivity index (χ4v) is 1.80. The summed E-state index contributed by atoms with van der Waals surface area (Å²) in [5.41, 5.74) is 0.453. The summed E-state index contributed by atoms with van der Waals surface area (Å²) < 4.78 is 39.7. The van der Waals surface area contributed by atoms with Gasteiger partial charge in [0.25, 0.3) is 0 Å². The van der Waals surface area contributed by atoms with Crippen LogP contribution in [0, 0.1) is 5.92 Å². The molecule has 6 nitrogen and oxygen atoms in total. The number of hydrogen-bond donors (Lipinski definition) is 2. The third-order valence-corrected chi connectivity index (χ3v) is 2.70. The van der Waals surface area contributed by atoms with Gasteiger partial charge in [-0.3, -0.25) is 20.2 Å². The fraction of sp³-hybridized carbons (Fsp3) is 0.250. The highest BCUT2D eigenvalue weighted by molar-refractivity contribution is 6.16. The van der Waals surface area contributed by atoms with Crippen molar-refractivity contribution in [1.82, 2.24) is 10.6 Å². The highest BCUT2D eigenvalue weighted by Crippen LogP contribution is 2.23. The highest BCUT2D eigenvalue weighted by atomic mass is 19.4. The molecule has 1 aromatic rings. The normalized spacial score (nSPS) is 16.4. The van der Waals surface area contributed by atoms with Crippen molar-refractivity contribution < 1.29 is 32.3 Å². The second-order valence-corrected chi connectivity index (χ2v) is 4.26. The molecule has 1 aliphatic heterocycles. The lowest BCUT2D eigenvalue weighted by Crippen LogP contribution is -2.56. The zero-order valence-electron chi connectivity index (χ0n) is 10.4. The summed E-state index contributed by atoms with van der Waals surface area (Å²) in [5.74, 6) is -3.02. The molecule has 0 bridgehead atoms. The molecule has 0 spiro atoms. The lowest BCUT2D eigenvalue weighted by molar-refractivity contribution is -0.274. The van der Waals surface area contributed by atoms with Crippen LogP contribution < -0.4 is 15.4 Å². The van der Waals surface area contributed by atoms with Crippen molar-refractivity contribution in [2.45, 2.75) is 12.8 Å². The molecule has 1 aromatic carbocycles. The fourth-order valence-electron chi connectivity index (χ4n) is 1.80. The number of barbiturate groups is 1. The van der Waals surface area contributed by atoms with Gasteiger partial charge >= 0.3 is 12.4 Å². The number of nitrogens with one attached hydrogen (secondary N) is 2. The molecule has 2 rings (SSSR count). The quantitative estimate of drug-likeness (QED) is 0.819. The Morgan fingerprint density at radius 2 is 1.52 bits per heavy atom. The Labute approximate surface area is 116 Å². The Bertz CT molecular complexity index is 563. The van der Waals surface area contributed by atoms with Gasteiger partial charge in [0.05, 0.1) is 0 Å². The van der Waals surface area contributed by atoms with E-state index in [-0.39, 0.29) is 6.42 Å². The smallest absolute Gasteiger partial charge is 0.406 e. The second kappa shape index (κ2) is 5.43. The summed E-state index contributed by atoms with van der Waals surface area (Å²) in [6.45, 7) is 0. The third-order valence-electron chi connectivity index (χ3n) is 2.70. The van der Waals surface area contributed by atoms with Crippen molar-refractivity contribution in [3.63, 3.8) is 0 Å². The van der Waals surface area contributed by atoms with Crippen molar-refractivity contribution in [3.05, 3.63) is 29.8 Å². The molecule has 1 fully saturated rings. The van der Waals surface area contributed by atoms with Gasteiger partial charge in [-0.2, -0.15) is 0 Å². The SMILES string of the molecule is O=C1NC(=O)C(Cc2ccc(OC(F)(F)F)cc2)C(=O)N1. The lowest BCUT2D eigenvalue weighted by Gasteiger charge is -2.20. The maximum absolute atomic E-state index is 12.0. The number of urea groups is 1. The van der Waals surface area contributed by atoms with Crippen LogP contribution in [0.25, 0.3) is 0 Å². The number of rotatable bonds is 3. The summed E-state index contributed by atoms with van der Waals surface area (Å²) in [5, 5.41) is 3.88. The van der Waals surface area contributed by atoms with Gasteiger partial charge in [-0.05, 0) is 24.1 Å². The molecule has 1 aliphatic rings. The van der Waals surface area contributed by atoms with Crippen LogP contribution in [0.2, 0.25) is 0 Å². The zero-order chi connectivity index (χ0) is 15.6. The Kier molecular flexibility index (Phi) is 3.83. The molecular formula is C12H9F3N2O4. The number of amides is 4. The van der Waals surface area contributed by atoms with Crippen LogP contribution in [-0.4, -0.2) is 24.2 Å². The number of imide groups is 2. The molecule has 1 heterocycles. The van der Waals surface area contributed by atoms with E-state index in [1.54, 1.807) is 0 Å². The first-order valence-corrected chi connectivity index (χ1v) is 5.75. The van der Waals surface area contributed by atoms with E-state index < -0.39 is 35.9 Å². The first kappa shape index (κ1) is 14.8. The molecule has 1 saturated heterocycles. The Hall–Kier alpha value is -2.58. The third kappa shape index (κ3) is 3.94. The molecule has 0 saturated carbocycles. The van der Waals surface area contributed by atoms with Crippen LogP contribution in [0.4, 0.5) is 18.0 Å². The van der Waals surface area contributed by atoms with E-state index in [2.05, 4.69) is 4.74 Å². The Morgan fingerprint density at radius 1 is 1.00 bits per heavy atom. The van der Waals surface area contributed by atoms with E-state index in [0.29, 0.717) is 5.56 Å². The minimum Gasteiger partial charge on any atom is -0.406 e. The molecule has 0 aliphatic carbocycles. The second-order valence-electron chi connectivity index (χ2n) is 4.26. The highest BCUT2D eigenvalue weighted by Gasteiger charge is 2.34. The number of ether oxygens (including phenoxy) is 1. The summed E-state index contributed by atoms with van der Waals surface area (Å²) in [7, 11) is 0. The number of carbonyl (C=O) groups excluding carboxylic acids is 3. The van der Waals surface area contributed by atoms with Gasteiger partial charge < -0.3 is 4.74 Å². The first-order valence-electron chi connectivity index (χ1n) is 5.75. The van der Waals surface area contributed by atoms with Crippen molar-refractivity contribution in [3.8, 4) is 5.75 Å². The van der Waals surface area contributed by atoms with Gasteiger partial charge in [-0.15, -0.1) is 13.2 Å². The van der Waals surface area contributed by atoms with Crippen molar-refractivity contribution in [2.75, 3.05) is 0 Å². The van der Waals surface area contributed by atoms with Gasteiger partial charge in [0.2, 0.25) is 11.8 Å². The van der Waals surface area contributed by atoms with Gasteiger partial charge in [-0.25, -0.2) is 4.79 Å². The standard InChI is InChI=1S/C12H9F3N2O4/c13-12(14,15)21-7-3-1-6(2-4-7)5-8-9(18)16-11(20)17-10(8)19/h1-4,8H,5H2,(H2,16,17,18,19,20). The van der Waals surface area contributed by atoms with Crippen LogP contribution in [0.3, 0.4) is 0 Å². The van der Waals surface area contributed by atoms with Crippen LogP contribution in [0.15, 0.2) is 24.3 Å². The number of benzene rings is 1. The number of hydrogen-bond acceptors (Lipinski definition) is 4. The molecule has 0 unspecified atom stereocenters. The van der Waals surface area contributed by atoms with Crippen molar-refractivity contribution in [1.29, 1.82) is 0 Å². The number of halogens is 3. The molecule has 0 atom stereocenters. The predicted octanol–water partition coefficient (Wildman–Crippen LogP) is 1.11. The van der Waals surface area contributed by atoms with Crippen LogP contribution in [0.5, 0.6) is 5.75 Å². The topological polar surface area (TPSA) is 84.5 Å². The number of carbonyl (C=O) groups is 3. The Balaban J connectivity index is 2.05.